The molecule has 2 rings (SSSR count). The highest BCUT2D eigenvalue weighted by Crippen LogP contribution is 2.24. The first-order valence-corrected chi connectivity index (χ1v) is 3.63. The Labute approximate surface area is 69.1 Å². The molecule has 0 bridgehead atoms. The van der Waals surface area contributed by atoms with Crippen LogP contribution >= 0.6 is 0 Å². The maximum atomic E-state index is 13.1. The topological polar surface area (TPSA) is 19.9 Å². The standard InChI is InChI=1S/C10H6FO/c11-10-8-4-2-1-3-7(8)5-6-9(10)12/h1-6H. The van der Waals surface area contributed by atoms with Crippen LogP contribution in [0.3, 0.4) is 0 Å². The van der Waals surface area contributed by atoms with Gasteiger partial charge < -0.3 is 0 Å². The summed E-state index contributed by atoms with van der Waals surface area (Å²) in [7, 11) is 0. The minimum Gasteiger partial charge on any atom is -0.287 e. The summed E-state index contributed by atoms with van der Waals surface area (Å²) in [6.07, 6.45) is 0. The zero-order valence-corrected chi connectivity index (χ0v) is 6.25. The van der Waals surface area contributed by atoms with E-state index in [9.17, 15) is 9.50 Å². The molecule has 0 saturated heterocycles. The molecular formula is C10H6FO. The number of rotatable bonds is 0. The van der Waals surface area contributed by atoms with Crippen molar-refractivity contribution >= 4 is 10.8 Å². The summed E-state index contributed by atoms with van der Waals surface area (Å²) in [5.41, 5.74) is 0. The molecule has 59 valence electrons. The van der Waals surface area contributed by atoms with Crippen LogP contribution < -0.4 is 0 Å². The Kier molecular flexibility index (Phi) is 1.47. The van der Waals surface area contributed by atoms with E-state index in [-0.39, 0.29) is 0 Å². The molecule has 0 aromatic heterocycles. The molecule has 0 saturated carbocycles. The Bertz CT molecular complexity index is 423. The SMILES string of the molecule is [O]c1ccc2ccccc2c1F. The van der Waals surface area contributed by atoms with E-state index in [1.807, 2.05) is 6.07 Å². The summed E-state index contributed by atoms with van der Waals surface area (Å²) in [5.74, 6) is -1.21. The zero-order chi connectivity index (χ0) is 8.55. The quantitative estimate of drug-likeness (QED) is 0.565. The van der Waals surface area contributed by atoms with Crippen molar-refractivity contribution in [2.24, 2.45) is 0 Å². The van der Waals surface area contributed by atoms with Gasteiger partial charge in [0, 0.05) is 5.39 Å². The lowest BCUT2D eigenvalue weighted by atomic mass is 10.1. The third kappa shape index (κ3) is 0.925. The predicted molar refractivity (Wildman–Crippen MR) is 44.0 cm³/mol. The molecule has 0 aliphatic rings. The van der Waals surface area contributed by atoms with Gasteiger partial charge in [0.05, 0.1) is 0 Å². The van der Waals surface area contributed by atoms with Crippen LogP contribution in [0.25, 0.3) is 10.8 Å². The fourth-order valence-electron chi connectivity index (χ4n) is 1.21. The number of halogens is 1. The van der Waals surface area contributed by atoms with Crippen molar-refractivity contribution in [3.63, 3.8) is 0 Å². The number of hydrogen-bond donors (Lipinski definition) is 0. The number of fused-ring (bicyclic) bond motifs is 1. The number of hydrogen-bond acceptors (Lipinski definition) is 0. The molecule has 2 aromatic carbocycles. The summed E-state index contributed by atoms with van der Waals surface area (Å²) >= 11 is 0. The van der Waals surface area contributed by atoms with E-state index in [2.05, 4.69) is 0 Å². The molecule has 1 radical (unpaired) electrons. The predicted octanol–water partition coefficient (Wildman–Crippen LogP) is 3.12. The molecule has 0 spiro atoms. The summed E-state index contributed by atoms with van der Waals surface area (Å²) in [5, 5.41) is 12.0. The zero-order valence-electron chi connectivity index (χ0n) is 6.25. The minimum absolute atomic E-state index is 0.394. The fraction of sp³-hybridized carbons (Fsp3) is 0. The molecule has 2 aromatic rings. The fourth-order valence-corrected chi connectivity index (χ4v) is 1.21. The Morgan fingerprint density at radius 3 is 2.58 bits per heavy atom. The summed E-state index contributed by atoms with van der Waals surface area (Å²) in [4.78, 5) is 0. The molecule has 1 nitrogen and oxygen atoms in total. The summed E-state index contributed by atoms with van der Waals surface area (Å²) < 4.78 is 13.1. The van der Waals surface area contributed by atoms with Gasteiger partial charge in [0.25, 0.3) is 0 Å². The van der Waals surface area contributed by atoms with Crippen LogP contribution in [0, 0.1) is 5.82 Å². The monoisotopic (exact) mass is 161 g/mol. The average Bonchev–Trinajstić information content (AvgIpc) is 2.12. The Balaban J connectivity index is 2.91. The summed E-state index contributed by atoms with van der Waals surface area (Å²) in [6, 6.07) is 9.78. The highest BCUT2D eigenvalue weighted by Gasteiger charge is 2.05. The molecule has 0 aliphatic carbocycles. The van der Waals surface area contributed by atoms with Gasteiger partial charge in [0.1, 0.15) is 0 Å². The van der Waals surface area contributed by atoms with Crippen LogP contribution in [0.1, 0.15) is 0 Å². The average molecular weight is 161 g/mol. The van der Waals surface area contributed by atoms with Gasteiger partial charge in [-0.25, -0.2) is 4.39 Å². The normalized spacial score (nSPS) is 10.4. The van der Waals surface area contributed by atoms with E-state index in [4.69, 9.17) is 0 Å². The Morgan fingerprint density at radius 1 is 1.00 bits per heavy atom. The van der Waals surface area contributed by atoms with Crippen LogP contribution in [0.2, 0.25) is 0 Å². The van der Waals surface area contributed by atoms with E-state index in [0.29, 0.717) is 5.39 Å². The van der Waals surface area contributed by atoms with E-state index in [0.717, 1.165) is 5.39 Å². The third-order valence-corrected chi connectivity index (χ3v) is 1.83. The van der Waals surface area contributed by atoms with Crippen molar-refractivity contribution in [1.82, 2.24) is 0 Å². The summed E-state index contributed by atoms with van der Waals surface area (Å²) in [6.45, 7) is 0. The van der Waals surface area contributed by atoms with Gasteiger partial charge in [-0.3, -0.25) is 5.11 Å². The molecule has 2 heteroatoms. The Morgan fingerprint density at radius 2 is 1.75 bits per heavy atom. The molecule has 0 N–H and O–H groups in total. The second-order valence-corrected chi connectivity index (χ2v) is 2.60. The van der Waals surface area contributed by atoms with Crippen LogP contribution in [0.4, 0.5) is 4.39 Å². The second-order valence-electron chi connectivity index (χ2n) is 2.60. The van der Waals surface area contributed by atoms with Crippen LogP contribution in [0.5, 0.6) is 5.75 Å². The molecule has 0 heterocycles. The van der Waals surface area contributed by atoms with Gasteiger partial charge in [-0.1, -0.05) is 30.3 Å². The minimum atomic E-state index is -0.659. The van der Waals surface area contributed by atoms with E-state index in [1.54, 1.807) is 24.3 Å². The lowest BCUT2D eigenvalue weighted by molar-refractivity contribution is 0.332. The van der Waals surface area contributed by atoms with Crippen LogP contribution in [-0.4, -0.2) is 0 Å². The lowest BCUT2D eigenvalue weighted by Gasteiger charge is -1.97. The van der Waals surface area contributed by atoms with Crippen molar-refractivity contribution in [2.45, 2.75) is 0 Å². The molecule has 0 unspecified atom stereocenters. The van der Waals surface area contributed by atoms with Crippen molar-refractivity contribution in [3.05, 3.63) is 42.2 Å². The molecule has 12 heavy (non-hydrogen) atoms. The van der Waals surface area contributed by atoms with Gasteiger partial charge in [-0.2, -0.15) is 0 Å². The van der Waals surface area contributed by atoms with E-state index >= 15 is 0 Å². The van der Waals surface area contributed by atoms with E-state index < -0.39 is 11.6 Å². The molecular weight excluding hydrogens is 155 g/mol. The van der Waals surface area contributed by atoms with Gasteiger partial charge >= 0.3 is 0 Å². The molecule has 0 fully saturated rings. The number of benzene rings is 2. The van der Waals surface area contributed by atoms with Crippen molar-refractivity contribution in [1.29, 1.82) is 0 Å². The van der Waals surface area contributed by atoms with Gasteiger partial charge in [0.15, 0.2) is 5.82 Å². The lowest BCUT2D eigenvalue weighted by Crippen LogP contribution is -1.78. The highest BCUT2D eigenvalue weighted by molar-refractivity contribution is 5.84. The van der Waals surface area contributed by atoms with Crippen molar-refractivity contribution in [3.8, 4) is 5.75 Å². The van der Waals surface area contributed by atoms with E-state index in [1.165, 1.54) is 6.07 Å². The van der Waals surface area contributed by atoms with Gasteiger partial charge in [-0.15, -0.1) is 0 Å². The maximum absolute atomic E-state index is 13.1. The molecule has 0 amide bonds. The first kappa shape index (κ1) is 7.10. The first-order valence-electron chi connectivity index (χ1n) is 3.63. The van der Waals surface area contributed by atoms with Crippen molar-refractivity contribution in [2.75, 3.05) is 0 Å². The largest absolute Gasteiger partial charge is 0.287 e. The second kappa shape index (κ2) is 2.48. The third-order valence-electron chi connectivity index (χ3n) is 1.83. The van der Waals surface area contributed by atoms with Crippen LogP contribution in [0.15, 0.2) is 36.4 Å². The highest BCUT2D eigenvalue weighted by atomic mass is 19.1. The smallest absolute Gasteiger partial charge is 0.214 e. The van der Waals surface area contributed by atoms with Crippen molar-refractivity contribution < 1.29 is 9.50 Å². The first-order chi connectivity index (χ1) is 5.79. The van der Waals surface area contributed by atoms with Gasteiger partial charge in [0.2, 0.25) is 5.75 Å². The van der Waals surface area contributed by atoms with Crippen LogP contribution in [-0.2, 0) is 5.11 Å². The van der Waals surface area contributed by atoms with Gasteiger partial charge in [-0.05, 0) is 11.5 Å². The molecule has 0 aliphatic heterocycles. The maximum Gasteiger partial charge on any atom is 0.214 e. The Hall–Kier alpha value is -1.57. The molecule has 0 atom stereocenters.